The lowest BCUT2D eigenvalue weighted by Crippen LogP contribution is -2.05. The zero-order chi connectivity index (χ0) is 13.2. The molecule has 0 unspecified atom stereocenters. The van der Waals surface area contributed by atoms with Crippen LogP contribution in [0, 0.1) is 5.92 Å². The molecule has 0 aliphatic carbocycles. The minimum Gasteiger partial charge on any atom is -0.249 e. The first kappa shape index (κ1) is 15.5. The third-order valence-corrected chi connectivity index (χ3v) is 3.51. The molecule has 0 atom stereocenters. The van der Waals surface area contributed by atoms with Gasteiger partial charge in [0.15, 0.2) is 0 Å². The molecule has 0 bridgehead atoms. The van der Waals surface area contributed by atoms with E-state index in [0.29, 0.717) is 0 Å². The Labute approximate surface area is 117 Å². The summed E-state index contributed by atoms with van der Waals surface area (Å²) in [5.74, 6) is 1.80. The Hall–Kier alpha value is -0.510. The van der Waals surface area contributed by atoms with Gasteiger partial charge in [-0.3, -0.25) is 0 Å². The molecule has 0 aliphatic heterocycles. The highest BCUT2D eigenvalue weighted by Gasteiger charge is 2.03. The number of rotatable bonds is 10. The molecule has 1 heterocycles. The van der Waals surface area contributed by atoms with E-state index in [0.717, 1.165) is 24.6 Å². The SMILES string of the molecule is CC(C)CCCCc1cnnn1CCCCCS. The number of hydrogen-bond donors (Lipinski definition) is 1. The van der Waals surface area contributed by atoms with Gasteiger partial charge in [0.2, 0.25) is 0 Å². The van der Waals surface area contributed by atoms with Crippen molar-refractivity contribution >= 4 is 12.6 Å². The van der Waals surface area contributed by atoms with Crippen molar-refractivity contribution in [1.29, 1.82) is 0 Å². The highest BCUT2D eigenvalue weighted by molar-refractivity contribution is 7.80. The van der Waals surface area contributed by atoms with E-state index in [2.05, 4.69) is 41.5 Å². The lowest BCUT2D eigenvalue weighted by atomic mass is 10.0. The average molecular weight is 269 g/mol. The molecule has 1 aromatic heterocycles. The van der Waals surface area contributed by atoms with Gasteiger partial charge >= 0.3 is 0 Å². The topological polar surface area (TPSA) is 30.7 Å². The van der Waals surface area contributed by atoms with Crippen molar-refractivity contribution in [2.24, 2.45) is 5.92 Å². The Morgan fingerprint density at radius 1 is 1.17 bits per heavy atom. The Morgan fingerprint density at radius 2 is 2.00 bits per heavy atom. The first-order valence-corrected chi connectivity index (χ1v) is 7.85. The van der Waals surface area contributed by atoms with E-state index in [-0.39, 0.29) is 0 Å². The maximum atomic E-state index is 4.23. The molecular weight excluding hydrogens is 242 g/mol. The lowest BCUT2D eigenvalue weighted by Gasteiger charge is -2.07. The van der Waals surface area contributed by atoms with Crippen molar-refractivity contribution in [3.8, 4) is 0 Å². The minimum absolute atomic E-state index is 0.814. The van der Waals surface area contributed by atoms with Gasteiger partial charge in [0.1, 0.15) is 0 Å². The highest BCUT2D eigenvalue weighted by Crippen LogP contribution is 2.10. The van der Waals surface area contributed by atoms with Crippen LogP contribution in [0.25, 0.3) is 0 Å². The summed E-state index contributed by atoms with van der Waals surface area (Å²) in [6, 6.07) is 0. The van der Waals surface area contributed by atoms with Crippen molar-refractivity contribution < 1.29 is 0 Å². The minimum atomic E-state index is 0.814. The van der Waals surface area contributed by atoms with Crippen LogP contribution in [0.1, 0.15) is 58.1 Å². The molecule has 0 fully saturated rings. The first-order valence-electron chi connectivity index (χ1n) is 7.22. The van der Waals surface area contributed by atoms with Crippen LogP contribution in [0.2, 0.25) is 0 Å². The summed E-state index contributed by atoms with van der Waals surface area (Å²) in [6.45, 7) is 5.58. The molecule has 0 radical (unpaired) electrons. The summed E-state index contributed by atoms with van der Waals surface area (Å²) in [7, 11) is 0. The molecule has 1 rings (SSSR count). The van der Waals surface area contributed by atoms with Gasteiger partial charge < -0.3 is 0 Å². The van der Waals surface area contributed by atoms with Gasteiger partial charge in [0.25, 0.3) is 0 Å². The van der Waals surface area contributed by atoms with Gasteiger partial charge in [-0.15, -0.1) is 5.10 Å². The molecule has 0 N–H and O–H groups in total. The molecule has 1 aromatic rings. The van der Waals surface area contributed by atoms with E-state index in [1.807, 2.05) is 6.20 Å². The maximum absolute atomic E-state index is 4.23. The van der Waals surface area contributed by atoms with Crippen LogP contribution >= 0.6 is 12.6 Å². The third kappa shape index (κ3) is 6.43. The highest BCUT2D eigenvalue weighted by atomic mass is 32.1. The monoisotopic (exact) mass is 269 g/mol. The summed E-state index contributed by atoms with van der Waals surface area (Å²) in [5, 5.41) is 8.21. The number of hydrogen-bond acceptors (Lipinski definition) is 3. The van der Waals surface area contributed by atoms with Crippen LogP contribution < -0.4 is 0 Å². The fourth-order valence-electron chi connectivity index (χ4n) is 2.07. The van der Waals surface area contributed by atoms with Gasteiger partial charge in [-0.05, 0) is 37.4 Å². The molecule has 0 saturated heterocycles. The molecule has 0 saturated carbocycles. The van der Waals surface area contributed by atoms with Crippen LogP contribution in [0.3, 0.4) is 0 Å². The summed E-state index contributed by atoms with van der Waals surface area (Å²) in [5.41, 5.74) is 1.30. The van der Waals surface area contributed by atoms with Crippen molar-refractivity contribution in [2.45, 2.75) is 65.3 Å². The normalized spacial score (nSPS) is 11.3. The predicted octanol–water partition coefficient (Wildman–Crippen LogP) is 3.75. The fourth-order valence-corrected chi connectivity index (χ4v) is 2.29. The number of aryl methyl sites for hydroxylation is 2. The number of aromatic nitrogens is 3. The van der Waals surface area contributed by atoms with Crippen LogP contribution in [-0.4, -0.2) is 20.7 Å². The summed E-state index contributed by atoms with van der Waals surface area (Å²) >= 11 is 4.23. The van der Waals surface area contributed by atoms with Crippen LogP contribution in [0.4, 0.5) is 0 Å². The molecule has 104 valence electrons. The Bertz CT molecular complexity index is 310. The van der Waals surface area contributed by atoms with Crippen LogP contribution in [0.15, 0.2) is 6.20 Å². The van der Waals surface area contributed by atoms with Crippen molar-refractivity contribution in [1.82, 2.24) is 15.0 Å². The zero-order valence-electron chi connectivity index (χ0n) is 11.8. The predicted molar refractivity (Wildman–Crippen MR) is 80.1 cm³/mol. The third-order valence-electron chi connectivity index (χ3n) is 3.19. The maximum Gasteiger partial charge on any atom is 0.0725 e. The van der Waals surface area contributed by atoms with E-state index in [1.165, 1.54) is 44.2 Å². The van der Waals surface area contributed by atoms with Gasteiger partial charge in [-0.25, -0.2) is 4.68 Å². The second kappa shape index (κ2) is 9.42. The van der Waals surface area contributed by atoms with Crippen molar-refractivity contribution in [2.75, 3.05) is 5.75 Å². The fraction of sp³-hybridized carbons (Fsp3) is 0.857. The molecule has 0 amide bonds. The van der Waals surface area contributed by atoms with Crippen molar-refractivity contribution in [3.63, 3.8) is 0 Å². The molecule has 0 aliphatic rings. The second-order valence-corrected chi connectivity index (χ2v) is 5.82. The number of nitrogens with zero attached hydrogens (tertiary/aromatic N) is 3. The molecule has 3 nitrogen and oxygen atoms in total. The Kier molecular flexibility index (Phi) is 8.14. The Morgan fingerprint density at radius 3 is 2.72 bits per heavy atom. The Balaban J connectivity index is 2.22. The van der Waals surface area contributed by atoms with E-state index >= 15 is 0 Å². The zero-order valence-corrected chi connectivity index (χ0v) is 12.7. The molecule has 0 aromatic carbocycles. The number of thiol groups is 1. The largest absolute Gasteiger partial charge is 0.249 e. The van der Waals surface area contributed by atoms with E-state index in [9.17, 15) is 0 Å². The van der Waals surface area contributed by atoms with Gasteiger partial charge in [0, 0.05) is 6.54 Å². The van der Waals surface area contributed by atoms with Gasteiger partial charge in [-0.1, -0.05) is 38.3 Å². The first-order chi connectivity index (χ1) is 8.74. The molecule has 0 spiro atoms. The number of unbranched alkanes of at least 4 members (excludes halogenated alkanes) is 3. The van der Waals surface area contributed by atoms with E-state index in [1.54, 1.807) is 0 Å². The molecule has 18 heavy (non-hydrogen) atoms. The van der Waals surface area contributed by atoms with E-state index < -0.39 is 0 Å². The average Bonchev–Trinajstić information content (AvgIpc) is 2.78. The summed E-state index contributed by atoms with van der Waals surface area (Å²) < 4.78 is 2.08. The second-order valence-electron chi connectivity index (χ2n) is 5.37. The van der Waals surface area contributed by atoms with Crippen molar-refractivity contribution in [3.05, 3.63) is 11.9 Å². The smallest absolute Gasteiger partial charge is 0.0725 e. The van der Waals surface area contributed by atoms with Crippen LogP contribution in [-0.2, 0) is 13.0 Å². The molecule has 4 heteroatoms. The van der Waals surface area contributed by atoms with Gasteiger partial charge in [0.05, 0.1) is 11.9 Å². The quantitative estimate of drug-likeness (QED) is 0.518. The standard InChI is InChI=1S/C14H27N3S/c1-13(2)8-4-5-9-14-12-15-16-17(14)10-6-3-7-11-18/h12-13,18H,3-11H2,1-2H3. The van der Waals surface area contributed by atoms with E-state index in [4.69, 9.17) is 0 Å². The summed E-state index contributed by atoms with van der Waals surface area (Å²) in [4.78, 5) is 0. The summed E-state index contributed by atoms with van der Waals surface area (Å²) in [6.07, 6.45) is 10.5. The molecular formula is C14H27N3S. The van der Waals surface area contributed by atoms with Gasteiger partial charge in [-0.2, -0.15) is 12.6 Å². The van der Waals surface area contributed by atoms with Crippen LogP contribution in [0.5, 0.6) is 0 Å². The lowest BCUT2D eigenvalue weighted by molar-refractivity contribution is 0.502.